The van der Waals surface area contributed by atoms with Crippen molar-refractivity contribution >= 4 is 17.5 Å². The van der Waals surface area contributed by atoms with Crippen LogP contribution >= 0.6 is 11.8 Å². The number of H-pyrrole nitrogens is 1. The van der Waals surface area contributed by atoms with Crippen LogP contribution in [0.1, 0.15) is 16.8 Å². The lowest BCUT2D eigenvalue weighted by atomic mass is 10.1. The first kappa shape index (κ1) is 16.6. The number of benzene rings is 1. The van der Waals surface area contributed by atoms with Crippen molar-refractivity contribution in [2.45, 2.75) is 18.1 Å². The number of Topliss-reactive ketones (excluding diaryl/α,β-unsaturated/α-hetero) is 1. The van der Waals surface area contributed by atoms with Gasteiger partial charge in [0, 0.05) is 25.8 Å². The highest BCUT2D eigenvalue weighted by Crippen LogP contribution is 2.32. The van der Waals surface area contributed by atoms with Crippen LogP contribution in [0.4, 0.5) is 0 Å². The third-order valence-corrected chi connectivity index (χ3v) is 4.46. The van der Waals surface area contributed by atoms with Crippen LogP contribution in [0.5, 0.6) is 11.5 Å². The highest BCUT2D eigenvalue weighted by molar-refractivity contribution is 7.99. The Labute approximate surface area is 142 Å². The van der Waals surface area contributed by atoms with Gasteiger partial charge in [-0.3, -0.25) is 9.36 Å². The third-order valence-electron chi connectivity index (χ3n) is 3.48. The van der Waals surface area contributed by atoms with Gasteiger partial charge >= 0.3 is 5.69 Å². The van der Waals surface area contributed by atoms with Gasteiger partial charge in [-0.1, -0.05) is 11.8 Å². The summed E-state index contributed by atoms with van der Waals surface area (Å²) in [6, 6.07) is 5.09. The molecular formula is C15H17N3O5S. The number of ether oxygens (including phenoxy) is 3. The van der Waals surface area contributed by atoms with E-state index in [1.807, 2.05) is 0 Å². The summed E-state index contributed by atoms with van der Waals surface area (Å²) in [5, 5.41) is 6.87. The fraction of sp³-hybridized carbons (Fsp3) is 0.400. The van der Waals surface area contributed by atoms with Gasteiger partial charge in [-0.15, -0.1) is 5.10 Å². The summed E-state index contributed by atoms with van der Waals surface area (Å²) in [5.41, 5.74) is 0.250. The van der Waals surface area contributed by atoms with E-state index in [4.69, 9.17) is 14.2 Å². The van der Waals surface area contributed by atoms with Crippen molar-refractivity contribution in [1.82, 2.24) is 14.8 Å². The molecule has 1 aromatic carbocycles. The van der Waals surface area contributed by atoms with Crippen molar-refractivity contribution in [1.29, 1.82) is 0 Å². The topological polar surface area (TPSA) is 95.4 Å². The summed E-state index contributed by atoms with van der Waals surface area (Å²) < 4.78 is 17.0. The fourth-order valence-corrected chi connectivity index (χ4v) is 3.13. The van der Waals surface area contributed by atoms with Gasteiger partial charge in [0.15, 0.2) is 22.4 Å². The average molecular weight is 351 g/mol. The van der Waals surface area contributed by atoms with E-state index in [0.29, 0.717) is 41.8 Å². The van der Waals surface area contributed by atoms with Crippen LogP contribution in [0.15, 0.2) is 28.2 Å². The van der Waals surface area contributed by atoms with Gasteiger partial charge in [0.2, 0.25) is 6.79 Å². The van der Waals surface area contributed by atoms with E-state index in [1.165, 1.54) is 16.3 Å². The molecule has 24 heavy (non-hydrogen) atoms. The minimum Gasteiger partial charge on any atom is -0.454 e. The maximum atomic E-state index is 12.3. The number of methoxy groups -OCH3 is 1. The molecule has 2 aromatic rings. The summed E-state index contributed by atoms with van der Waals surface area (Å²) in [6.45, 7) is 1.21. The molecule has 0 fully saturated rings. The standard InChI is InChI=1S/C15H17N3O5S/c1-21-6-2-5-18-14(20)16-17-15(18)24-8-11(19)10-3-4-12-13(7-10)23-9-22-12/h3-4,7H,2,5-6,8-9H2,1H3,(H,16,20). The summed E-state index contributed by atoms with van der Waals surface area (Å²) in [5.74, 6) is 1.31. The number of ketones is 1. The molecule has 0 spiro atoms. The molecule has 0 unspecified atom stereocenters. The molecular weight excluding hydrogens is 334 g/mol. The van der Waals surface area contributed by atoms with Gasteiger partial charge in [0.1, 0.15) is 0 Å². The summed E-state index contributed by atoms with van der Waals surface area (Å²) in [7, 11) is 1.61. The first-order chi connectivity index (χ1) is 11.7. The van der Waals surface area contributed by atoms with Crippen molar-refractivity contribution < 1.29 is 19.0 Å². The number of hydrogen-bond donors (Lipinski definition) is 1. The van der Waals surface area contributed by atoms with Crippen LogP contribution in [0.25, 0.3) is 0 Å². The molecule has 3 rings (SSSR count). The molecule has 1 aromatic heterocycles. The Balaban J connectivity index is 1.63. The molecule has 1 aliphatic rings. The maximum Gasteiger partial charge on any atom is 0.343 e. The van der Waals surface area contributed by atoms with E-state index in [1.54, 1.807) is 25.3 Å². The molecule has 8 nitrogen and oxygen atoms in total. The maximum absolute atomic E-state index is 12.3. The molecule has 0 saturated heterocycles. The number of nitrogens with zero attached hydrogens (tertiary/aromatic N) is 2. The van der Waals surface area contributed by atoms with Gasteiger partial charge in [-0.2, -0.15) is 0 Å². The van der Waals surface area contributed by atoms with Crippen LogP contribution in [0.2, 0.25) is 0 Å². The van der Waals surface area contributed by atoms with Crippen LogP contribution in [0, 0.1) is 0 Å². The van der Waals surface area contributed by atoms with E-state index in [0.717, 1.165) is 0 Å². The van der Waals surface area contributed by atoms with Crippen LogP contribution in [-0.2, 0) is 11.3 Å². The Hall–Kier alpha value is -2.26. The lowest BCUT2D eigenvalue weighted by molar-refractivity contribution is 0.102. The largest absolute Gasteiger partial charge is 0.454 e. The SMILES string of the molecule is COCCCn1c(SCC(=O)c2ccc3c(c2)OCO3)n[nH]c1=O. The second kappa shape index (κ2) is 7.54. The number of aromatic amines is 1. The van der Waals surface area contributed by atoms with E-state index in [-0.39, 0.29) is 24.0 Å². The Morgan fingerprint density at radius 3 is 3.08 bits per heavy atom. The predicted octanol–water partition coefficient (Wildman–Crippen LogP) is 1.31. The second-order valence-corrected chi connectivity index (χ2v) is 6.03. The zero-order valence-electron chi connectivity index (χ0n) is 13.1. The number of carbonyl (C=O) groups is 1. The van der Waals surface area contributed by atoms with E-state index >= 15 is 0 Å². The third kappa shape index (κ3) is 3.62. The fourth-order valence-electron chi connectivity index (χ4n) is 2.26. The van der Waals surface area contributed by atoms with Gasteiger partial charge in [-0.25, -0.2) is 9.89 Å². The minimum absolute atomic E-state index is 0.0720. The summed E-state index contributed by atoms with van der Waals surface area (Å²) in [4.78, 5) is 24.1. The van der Waals surface area contributed by atoms with E-state index < -0.39 is 0 Å². The average Bonchev–Trinajstić information content (AvgIpc) is 3.19. The van der Waals surface area contributed by atoms with Crippen LogP contribution in [0.3, 0.4) is 0 Å². The Morgan fingerprint density at radius 2 is 2.25 bits per heavy atom. The van der Waals surface area contributed by atoms with Crippen molar-refractivity contribution in [2.24, 2.45) is 0 Å². The minimum atomic E-state index is -0.288. The van der Waals surface area contributed by atoms with Gasteiger partial charge in [0.25, 0.3) is 0 Å². The molecule has 1 aliphatic heterocycles. The lowest BCUT2D eigenvalue weighted by Crippen LogP contribution is -2.18. The highest BCUT2D eigenvalue weighted by Gasteiger charge is 2.17. The molecule has 0 amide bonds. The quantitative estimate of drug-likeness (QED) is 0.435. The molecule has 0 bridgehead atoms. The number of hydrogen-bond acceptors (Lipinski definition) is 7. The second-order valence-electron chi connectivity index (χ2n) is 5.09. The van der Waals surface area contributed by atoms with E-state index in [9.17, 15) is 9.59 Å². The first-order valence-electron chi connectivity index (χ1n) is 7.39. The normalized spacial score (nSPS) is 12.5. The number of fused-ring (bicyclic) bond motifs is 1. The molecule has 0 radical (unpaired) electrons. The van der Waals surface area contributed by atoms with Crippen molar-refractivity contribution in [2.75, 3.05) is 26.3 Å². The number of carbonyl (C=O) groups excluding carboxylic acids is 1. The summed E-state index contributed by atoms with van der Waals surface area (Å²) in [6.07, 6.45) is 0.694. The molecule has 0 saturated carbocycles. The van der Waals surface area contributed by atoms with Crippen molar-refractivity contribution in [3.63, 3.8) is 0 Å². The molecule has 128 valence electrons. The van der Waals surface area contributed by atoms with Crippen LogP contribution in [-0.4, -0.2) is 46.8 Å². The number of nitrogens with one attached hydrogen (secondary N) is 1. The zero-order valence-corrected chi connectivity index (χ0v) is 13.9. The first-order valence-corrected chi connectivity index (χ1v) is 8.37. The number of rotatable bonds is 8. The van der Waals surface area contributed by atoms with Crippen molar-refractivity contribution in [3.8, 4) is 11.5 Å². The van der Waals surface area contributed by atoms with Crippen LogP contribution < -0.4 is 15.2 Å². The predicted molar refractivity (Wildman–Crippen MR) is 87.0 cm³/mol. The van der Waals surface area contributed by atoms with Gasteiger partial charge < -0.3 is 14.2 Å². The van der Waals surface area contributed by atoms with Gasteiger partial charge in [0.05, 0.1) is 5.75 Å². The molecule has 1 N–H and O–H groups in total. The Bertz CT molecular complexity index is 786. The lowest BCUT2D eigenvalue weighted by Gasteiger charge is -2.05. The number of thioether (sulfide) groups is 1. The zero-order chi connectivity index (χ0) is 16.9. The monoisotopic (exact) mass is 351 g/mol. The highest BCUT2D eigenvalue weighted by atomic mass is 32.2. The molecule has 0 atom stereocenters. The van der Waals surface area contributed by atoms with Gasteiger partial charge in [-0.05, 0) is 24.6 Å². The van der Waals surface area contributed by atoms with E-state index in [2.05, 4.69) is 10.2 Å². The molecule has 9 heteroatoms. The van der Waals surface area contributed by atoms with Crippen molar-refractivity contribution in [3.05, 3.63) is 34.2 Å². The molecule has 2 heterocycles. The number of aromatic nitrogens is 3. The summed E-state index contributed by atoms with van der Waals surface area (Å²) >= 11 is 1.22. The Morgan fingerprint density at radius 1 is 1.42 bits per heavy atom. The Kier molecular flexibility index (Phi) is 5.21. The smallest absolute Gasteiger partial charge is 0.343 e. The molecule has 0 aliphatic carbocycles.